The third-order valence-corrected chi connectivity index (χ3v) is 3.57. The van der Waals surface area contributed by atoms with Gasteiger partial charge in [0.05, 0.1) is 16.2 Å². The molecule has 4 heteroatoms. The van der Waals surface area contributed by atoms with Gasteiger partial charge in [-0.2, -0.15) is 0 Å². The van der Waals surface area contributed by atoms with E-state index in [0.717, 1.165) is 41.9 Å². The highest BCUT2D eigenvalue weighted by atomic mass is 35.5. The van der Waals surface area contributed by atoms with Crippen LogP contribution in [0.4, 0.5) is 0 Å². The van der Waals surface area contributed by atoms with Crippen molar-refractivity contribution in [3.05, 3.63) is 34.7 Å². The summed E-state index contributed by atoms with van der Waals surface area (Å²) >= 11 is 6.20. The first-order valence-electron chi connectivity index (χ1n) is 5.89. The van der Waals surface area contributed by atoms with Gasteiger partial charge in [-0.1, -0.05) is 23.7 Å². The molecule has 1 aromatic carbocycles. The van der Waals surface area contributed by atoms with E-state index >= 15 is 0 Å². The van der Waals surface area contributed by atoms with Crippen molar-refractivity contribution in [3.63, 3.8) is 0 Å². The summed E-state index contributed by atoms with van der Waals surface area (Å²) in [4.78, 5) is 9.06. The summed E-state index contributed by atoms with van der Waals surface area (Å²) in [6.07, 6.45) is 1.14. The predicted molar refractivity (Wildman–Crippen MR) is 69.5 cm³/mol. The normalized spacial score (nSPS) is 20.0. The first-order valence-corrected chi connectivity index (χ1v) is 6.27. The highest BCUT2D eigenvalue weighted by Crippen LogP contribution is 2.30. The number of benzene rings is 1. The molecular formula is C13H14ClN3. The zero-order valence-corrected chi connectivity index (χ0v) is 10.5. The number of fused-ring (bicyclic) bond motifs is 1. The molecule has 1 aromatic heterocycles. The molecular weight excluding hydrogens is 234 g/mol. The smallest absolute Gasteiger partial charge is 0.126 e. The van der Waals surface area contributed by atoms with E-state index in [0.29, 0.717) is 10.9 Å². The minimum Gasteiger partial charge on any atom is -0.316 e. The van der Waals surface area contributed by atoms with Gasteiger partial charge in [-0.25, -0.2) is 9.97 Å². The van der Waals surface area contributed by atoms with Gasteiger partial charge in [0.15, 0.2) is 0 Å². The van der Waals surface area contributed by atoms with Gasteiger partial charge >= 0.3 is 0 Å². The van der Waals surface area contributed by atoms with Crippen molar-refractivity contribution in [1.82, 2.24) is 15.3 Å². The molecule has 1 fully saturated rings. The van der Waals surface area contributed by atoms with Crippen LogP contribution in [0.25, 0.3) is 10.9 Å². The Morgan fingerprint density at radius 3 is 3.00 bits per heavy atom. The van der Waals surface area contributed by atoms with Crippen molar-refractivity contribution < 1.29 is 0 Å². The van der Waals surface area contributed by atoms with Gasteiger partial charge in [-0.05, 0) is 26.0 Å². The van der Waals surface area contributed by atoms with E-state index in [1.165, 1.54) is 0 Å². The molecule has 1 N–H and O–H groups in total. The highest BCUT2D eigenvalue weighted by molar-refractivity contribution is 6.35. The molecule has 0 aliphatic carbocycles. The average Bonchev–Trinajstić information content (AvgIpc) is 2.83. The number of halogens is 1. The molecule has 17 heavy (non-hydrogen) atoms. The van der Waals surface area contributed by atoms with Gasteiger partial charge in [0, 0.05) is 17.8 Å². The van der Waals surface area contributed by atoms with Crippen LogP contribution >= 0.6 is 11.6 Å². The van der Waals surface area contributed by atoms with Gasteiger partial charge < -0.3 is 5.32 Å². The largest absolute Gasteiger partial charge is 0.316 e. The van der Waals surface area contributed by atoms with Crippen LogP contribution in [-0.4, -0.2) is 23.1 Å². The summed E-state index contributed by atoms with van der Waals surface area (Å²) < 4.78 is 0. The van der Waals surface area contributed by atoms with Crippen molar-refractivity contribution in [1.29, 1.82) is 0 Å². The Bertz CT molecular complexity index is 562. The lowest BCUT2D eigenvalue weighted by molar-refractivity contribution is 0.735. The molecule has 1 unspecified atom stereocenters. The summed E-state index contributed by atoms with van der Waals surface area (Å²) in [5.41, 5.74) is 2.02. The summed E-state index contributed by atoms with van der Waals surface area (Å²) in [5, 5.41) is 5.18. The lowest BCUT2D eigenvalue weighted by Gasteiger charge is -2.12. The molecule has 0 saturated carbocycles. The zero-order valence-electron chi connectivity index (χ0n) is 9.70. The number of hydrogen-bond acceptors (Lipinski definition) is 3. The fraction of sp³-hybridized carbons (Fsp3) is 0.385. The van der Waals surface area contributed by atoms with Crippen LogP contribution in [0, 0.1) is 6.92 Å². The van der Waals surface area contributed by atoms with Crippen LogP contribution < -0.4 is 5.32 Å². The summed E-state index contributed by atoms with van der Waals surface area (Å²) in [6.45, 7) is 3.99. The van der Waals surface area contributed by atoms with Crippen molar-refractivity contribution >= 4 is 22.5 Å². The molecule has 0 radical (unpaired) electrons. The van der Waals surface area contributed by atoms with Crippen LogP contribution in [0.5, 0.6) is 0 Å². The summed E-state index contributed by atoms with van der Waals surface area (Å²) in [6, 6.07) is 5.91. The molecule has 2 heterocycles. The van der Waals surface area contributed by atoms with Crippen molar-refractivity contribution in [2.24, 2.45) is 0 Å². The number of nitrogens with one attached hydrogen (secondary N) is 1. The van der Waals surface area contributed by atoms with Crippen LogP contribution in [0.1, 0.15) is 23.9 Å². The van der Waals surface area contributed by atoms with Crippen LogP contribution in [0.15, 0.2) is 18.2 Å². The molecule has 1 atom stereocenters. The second-order valence-electron chi connectivity index (χ2n) is 4.48. The second kappa shape index (κ2) is 4.24. The third-order valence-electron chi connectivity index (χ3n) is 3.27. The van der Waals surface area contributed by atoms with E-state index in [1.807, 2.05) is 19.1 Å². The second-order valence-corrected chi connectivity index (χ2v) is 4.89. The fourth-order valence-electron chi connectivity index (χ4n) is 2.46. The molecule has 88 valence electrons. The number of aromatic nitrogens is 2. The highest BCUT2D eigenvalue weighted by Gasteiger charge is 2.21. The standard InChI is InChI=1S/C13H14ClN3/c1-8-16-12(9-5-6-15-7-9)10-3-2-4-11(14)13(10)17-8/h2-4,9,15H,5-7H2,1H3. The van der Waals surface area contributed by atoms with Gasteiger partial charge in [-0.3, -0.25) is 0 Å². The van der Waals surface area contributed by atoms with E-state index in [-0.39, 0.29) is 0 Å². The summed E-state index contributed by atoms with van der Waals surface area (Å²) in [5.74, 6) is 1.28. The fourth-order valence-corrected chi connectivity index (χ4v) is 2.67. The van der Waals surface area contributed by atoms with Crippen molar-refractivity contribution in [3.8, 4) is 0 Å². The SMILES string of the molecule is Cc1nc(C2CCNC2)c2cccc(Cl)c2n1. The Balaban J connectivity index is 2.25. The molecule has 1 aliphatic heterocycles. The molecule has 3 rings (SSSR count). The molecule has 0 spiro atoms. The quantitative estimate of drug-likeness (QED) is 0.842. The van der Waals surface area contributed by atoms with Gasteiger partial charge in [0.25, 0.3) is 0 Å². The Kier molecular flexibility index (Phi) is 2.73. The molecule has 1 aliphatic rings. The van der Waals surface area contributed by atoms with E-state index in [2.05, 4.69) is 21.4 Å². The van der Waals surface area contributed by atoms with Crippen molar-refractivity contribution in [2.45, 2.75) is 19.3 Å². The first-order chi connectivity index (χ1) is 8.25. The number of hydrogen-bond donors (Lipinski definition) is 1. The van der Waals surface area contributed by atoms with Gasteiger partial charge in [0.2, 0.25) is 0 Å². The Hall–Kier alpha value is -1.19. The topological polar surface area (TPSA) is 37.8 Å². The molecule has 0 amide bonds. The van der Waals surface area contributed by atoms with E-state index < -0.39 is 0 Å². The van der Waals surface area contributed by atoms with Crippen molar-refractivity contribution in [2.75, 3.05) is 13.1 Å². The monoisotopic (exact) mass is 247 g/mol. The Morgan fingerprint density at radius 2 is 2.24 bits per heavy atom. The maximum Gasteiger partial charge on any atom is 0.126 e. The summed E-state index contributed by atoms with van der Waals surface area (Å²) in [7, 11) is 0. The minimum absolute atomic E-state index is 0.484. The van der Waals surface area contributed by atoms with Gasteiger partial charge in [0.1, 0.15) is 5.82 Å². The number of para-hydroxylation sites is 1. The van der Waals surface area contributed by atoms with E-state index in [1.54, 1.807) is 0 Å². The van der Waals surface area contributed by atoms with Crippen LogP contribution in [0.2, 0.25) is 5.02 Å². The average molecular weight is 248 g/mol. The minimum atomic E-state index is 0.484. The number of rotatable bonds is 1. The lowest BCUT2D eigenvalue weighted by Crippen LogP contribution is -2.10. The van der Waals surface area contributed by atoms with Gasteiger partial charge in [-0.15, -0.1) is 0 Å². The predicted octanol–water partition coefficient (Wildman–Crippen LogP) is 2.67. The first kappa shape index (κ1) is 10.9. The molecule has 3 nitrogen and oxygen atoms in total. The lowest BCUT2D eigenvalue weighted by atomic mass is 10.00. The molecule has 2 aromatic rings. The Morgan fingerprint density at radius 1 is 1.35 bits per heavy atom. The zero-order chi connectivity index (χ0) is 11.8. The van der Waals surface area contributed by atoms with Crippen LogP contribution in [-0.2, 0) is 0 Å². The maximum atomic E-state index is 6.20. The molecule has 1 saturated heterocycles. The van der Waals surface area contributed by atoms with E-state index in [4.69, 9.17) is 11.6 Å². The Labute approximate surface area is 105 Å². The van der Waals surface area contributed by atoms with Crippen LogP contribution in [0.3, 0.4) is 0 Å². The molecule has 0 bridgehead atoms. The van der Waals surface area contributed by atoms with E-state index in [9.17, 15) is 0 Å². The maximum absolute atomic E-state index is 6.20. The number of aryl methyl sites for hydroxylation is 1. The third kappa shape index (κ3) is 1.90. The number of nitrogens with zero attached hydrogens (tertiary/aromatic N) is 2.